The van der Waals surface area contributed by atoms with Gasteiger partial charge in [-0.2, -0.15) is 0 Å². The largest absolute Gasteiger partial charge is 0.399 e. The summed E-state index contributed by atoms with van der Waals surface area (Å²) < 4.78 is 25.2. The van der Waals surface area contributed by atoms with Crippen molar-refractivity contribution in [1.29, 1.82) is 0 Å². The Labute approximate surface area is 95.6 Å². The molecule has 16 heavy (non-hydrogen) atoms. The van der Waals surface area contributed by atoms with Gasteiger partial charge in [0, 0.05) is 12.1 Å². The van der Waals surface area contributed by atoms with Crippen LogP contribution in [0.4, 0.5) is 14.5 Å². The van der Waals surface area contributed by atoms with Crippen LogP contribution in [-0.4, -0.2) is 17.9 Å². The Morgan fingerprint density at radius 1 is 1.56 bits per heavy atom. The number of nitrogens with two attached hydrogens (primary N) is 1. The molecule has 1 atom stereocenters. The summed E-state index contributed by atoms with van der Waals surface area (Å²) in [6, 6.07) is 3.26. The monoisotopic (exact) mass is 246 g/mol. The smallest absolute Gasteiger partial charge is 0.270 e. The number of carbonyl (C=O) groups excluding carboxylic acids is 1. The van der Waals surface area contributed by atoms with Gasteiger partial charge < -0.3 is 11.1 Å². The Morgan fingerprint density at radius 2 is 2.19 bits per heavy atom. The summed E-state index contributed by atoms with van der Waals surface area (Å²) in [5, 5.41) is 2.39. The van der Waals surface area contributed by atoms with Gasteiger partial charge in [0.15, 0.2) is 0 Å². The fraction of sp³-hybridized carbons (Fsp3) is 0.300. The maximum atomic E-state index is 12.6. The van der Waals surface area contributed by atoms with Crippen LogP contribution in [0.2, 0.25) is 5.02 Å². The van der Waals surface area contributed by atoms with Gasteiger partial charge in [-0.25, -0.2) is 8.78 Å². The van der Waals surface area contributed by atoms with E-state index in [-0.39, 0.29) is 17.0 Å². The number of carbonyl (C=O) groups is 1. The van der Waals surface area contributed by atoms with Crippen LogP contribution in [0.25, 0.3) is 0 Å². The Morgan fingerprint density at radius 3 is 2.75 bits per heavy atom. The van der Waals surface area contributed by atoms with Crippen molar-refractivity contribution in [2.45, 2.75) is 18.4 Å². The number of benzene rings is 1. The van der Waals surface area contributed by atoms with E-state index in [9.17, 15) is 13.6 Å². The standard InChI is InChI=1S/C10H9ClF2N2O/c11-7-2-1-5(14)3-6(7)9(16)15-8-4-10(8,12)13/h1-3,8H,4,14H2,(H,15,16). The first kappa shape index (κ1) is 11.1. The van der Waals surface area contributed by atoms with Crippen molar-refractivity contribution in [2.24, 2.45) is 0 Å². The molecule has 2 rings (SSSR count). The molecule has 0 aromatic heterocycles. The van der Waals surface area contributed by atoms with E-state index in [1.54, 1.807) is 0 Å². The van der Waals surface area contributed by atoms with Crippen molar-refractivity contribution in [1.82, 2.24) is 5.32 Å². The molecule has 0 heterocycles. The number of nitrogen functional groups attached to an aromatic ring is 1. The molecule has 1 unspecified atom stereocenters. The van der Waals surface area contributed by atoms with Gasteiger partial charge in [-0.15, -0.1) is 0 Å². The molecule has 3 N–H and O–H groups in total. The highest BCUT2D eigenvalue weighted by Crippen LogP contribution is 2.41. The minimum absolute atomic E-state index is 0.115. The molecule has 1 fully saturated rings. The lowest BCUT2D eigenvalue weighted by molar-refractivity contribution is 0.0849. The molecule has 0 saturated heterocycles. The van der Waals surface area contributed by atoms with E-state index in [4.69, 9.17) is 17.3 Å². The summed E-state index contributed by atoms with van der Waals surface area (Å²) in [7, 11) is 0. The van der Waals surface area contributed by atoms with Crippen LogP contribution < -0.4 is 11.1 Å². The Kier molecular flexibility index (Phi) is 2.50. The second kappa shape index (κ2) is 3.59. The second-order valence-corrected chi connectivity index (χ2v) is 4.14. The number of amides is 1. The number of hydrogen-bond donors (Lipinski definition) is 2. The minimum Gasteiger partial charge on any atom is -0.399 e. The van der Waals surface area contributed by atoms with Gasteiger partial charge in [-0.05, 0) is 18.2 Å². The lowest BCUT2D eigenvalue weighted by Gasteiger charge is -2.06. The predicted octanol–water partition coefficient (Wildman–Crippen LogP) is 2.06. The van der Waals surface area contributed by atoms with Crippen LogP contribution in [0, 0.1) is 0 Å². The van der Waals surface area contributed by atoms with Gasteiger partial charge in [0.25, 0.3) is 11.8 Å². The molecular weight excluding hydrogens is 238 g/mol. The van der Waals surface area contributed by atoms with E-state index < -0.39 is 17.9 Å². The Balaban J connectivity index is 2.12. The molecule has 1 aliphatic rings. The molecule has 0 spiro atoms. The SMILES string of the molecule is Nc1ccc(Cl)c(C(=O)NC2CC2(F)F)c1. The molecule has 1 aromatic carbocycles. The van der Waals surface area contributed by atoms with Gasteiger partial charge in [0.1, 0.15) is 0 Å². The summed E-state index contributed by atoms with van der Waals surface area (Å²) in [6.45, 7) is 0. The lowest BCUT2D eigenvalue weighted by Crippen LogP contribution is -2.29. The Hall–Kier alpha value is -1.36. The van der Waals surface area contributed by atoms with E-state index in [0.29, 0.717) is 5.69 Å². The predicted molar refractivity (Wildman–Crippen MR) is 56.7 cm³/mol. The number of hydrogen-bond acceptors (Lipinski definition) is 2. The maximum Gasteiger partial charge on any atom is 0.270 e. The number of alkyl halides is 2. The Bertz CT molecular complexity index is 450. The van der Waals surface area contributed by atoms with Gasteiger partial charge in [0.2, 0.25) is 0 Å². The van der Waals surface area contributed by atoms with E-state index in [0.717, 1.165) is 0 Å². The van der Waals surface area contributed by atoms with E-state index in [2.05, 4.69) is 5.32 Å². The maximum absolute atomic E-state index is 12.6. The van der Waals surface area contributed by atoms with Crippen molar-refractivity contribution in [3.05, 3.63) is 28.8 Å². The third-order valence-corrected chi connectivity index (χ3v) is 2.70. The highest BCUT2D eigenvalue weighted by atomic mass is 35.5. The fourth-order valence-electron chi connectivity index (χ4n) is 1.32. The molecule has 6 heteroatoms. The van der Waals surface area contributed by atoms with Crippen LogP contribution in [-0.2, 0) is 0 Å². The van der Waals surface area contributed by atoms with Crippen LogP contribution >= 0.6 is 11.6 Å². The molecule has 0 radical (unpaired) electrons. The molecule has 1 aliphatic carbocycles. The second-order valence-electron chi connectivity index (χ2n) is 3.73. The van der Waals surface area contributed by atoms with E-state index >= 15 is 0 Å². The quantitative estimate of drug-likeness (QED) is 0.785. The van der Waals surface area contributed by atoms with Crippen LogP contribution in [0.15, 0.2) is 18.2 Å². The first-order valence-electron chi connectivity index (χ1n) is 4.64. The van der Waals surface area contributed by atoms with Crippen LogP contribution in [0.3, 0.4) is 0 Å². The molecule has 0 bridgehead atoms. The molecule has 86 valence electrons. The molecule has 1 saturated carbocycles. The number of nitrogens with one attached hydrogen (secondary N) is 1. The molecule has 1 aromatic rings. The van der Waals surface area contributed by atoms with Gasteiger partial charge in [0.05, 0.1) is 16.6 Å². The van der Waals surface area contributed by atoms with Crippen molar-refractivity contribution >= 4 is 23.2 Å². The highest BCUT2D eigenvalue weighted by molar-refractivity contribution is 6.34. The summed E-state index contributed by atoms with van der Waals surface area (Å²) in [4.78, 5) is 11.6. The summed E-state index contributed by atoms with van der Waals surface area (Å²) in [6.07, 6.45) is -0.321. The fourth-order valence-corrected chi connectivity index (χ4v) is 1.53. The molecule has 0 aliphatic heterocycles. The lowest BCUT2D eigenvalue weighted by atomic mass is 10.2. The number of anilines is 1. The van der Waals surface area contributed by atoms with Crippen molar-refractivity contribution < 1.29 is 13.6 Å². The van der Waals surface area contributed by atoms with Gasteiger partial charge in [-0.3, -0.25) is 4.79 Å². The highest BCUT2D eigenvalue weighted by Gasteiger charge is 2.57. The third-order valence-electron chi connectivity index (χ3n) is 2.37. The average Bonchev–Trinajstić information content (AvgIpc) is 2.77. The zero-order chi connectivity index (χ0) is 11.9. The number of halogens is 3. The zero-order valence-corrected chi connectivity index (χ0v) is 8.89. The first-order chi connectivity index (χ1) is 7.40. The topological polar surface area (TPSA) is 55.1 Å². The first-order valence-corrected chi connectivity index (χ1v) is 5.01. The third kappa shape index (κ3) is 2.09. The molecular formula is C10H9ClF2N2O. The van der Waals surface area contributed by atoms with Gasteiger partial charge >= 0.3 is 0 Å². The minimum atomic E-state index is -2.79. The van der Waals surface area contributed by atoms with E-state index in [1.807, 2.05) is 0 Å². The summed E-state index contributed by atoms with van der Waals surface area (Å²) in [5.41, 5.74) is 5.95. The van der Waals surface area contributed by atoms with E-state index in [1.165, 1.54) is 18.2 Å². The average molecular weight is 247 g/mol. The zero-order valence-electron chi connectivity index (χ0n) is 8.14. The molecule has 1 amide bonds. The number of rotatable bonds is 2. The molecule has 3 nitrogen and oxygen atoms in total. The summed E-state index contributed by atoms with van der Waals surface area (Å²) in [5.74, 6) is -3.41. The normalized spacial score (nSPS) is 21.6. The van der Waals surface area contributed by atoms with Crippen molar-refractivity contribution in [3.8, 4) is 0 Å². The van der Waals surface area contributed by atoms with Crippen LogP contribution in [0.1, 0.15) is 16.8 Å². The van der Waals surface area contributed by atoms with Gasteiger partial charge in [-0.1, -0.05) is 11.6 Å². The van der Waals surface area contributed by atoms with Crippen LogP contribution in [0.5, 0.6) is 0 Å². The van der Waals surface area contributed by atoms with Crippen molar-refractivity contribution in [3.63, 3.8) is 0 Å². The van der Waals surface area contributed by atoms with Crippen molar-refractivity contribution in [2.75, 3.05) is 5.73 Å². The summed E-state index contributed by atoms with van der Waals surface area (Å²) >= 11 is 5.76.